The maximum atomic E-state index is 11.3. The van der Waals surface area contributed by atoms with Gasteiger partial charge in [-0.2, -0.15) is 0 Å². The van der Waals surface area contributed by atoms with Gasteiger partial charge >= 0.3 is 5.97 Å². The van der Waals surface area contributed by atoms with Crippen LogP contribution in [0.25, 0.3) is 0 Å². The number of nitrogens with one attached hydrogen (secondary N) is 1. The van der Waals surface area contributed by atoms with E-state index in [0.717, 1.165) is 12.8 Å². The molecule has 5 nitrogen and oxygen atoms in total. The number of aliphatic carboxylic acids is 1. The number of carbonyl (C=O) groups is 2. The highest BCUT2D eigenvalue weighted by molar-refractivity contribution is 5.86. The summed E-state index contributed by atoms with van der Waals surface area (Å²) in [6.07, 6.45) is 2.43. The Kier molecular flexibility index (Phi) is 5.87. The molecule has 0 saturated carbocycles. The fourth-order valence-corrected chi connectivity index (χ4v) is 0.937. The molecule has 0 rings (SSSR count). The minimum Gasteiger partial charge on any atom is -0.480 e. The maximum absolute atomic E-state index is 11.3. The number of hydrogen-bond acceptors (Lipinski definition) is 3. The Morgan fingerprint density at radius 2 is 2.07 bits per heavy atom. The van der Waals surface area contributed by atoms with E-state index in [1.807, 2.05) is 6.92 Å². The summed E-state index contributed by atoms with van der Waals surface area (Å²) in [5.74, 6) is -1.45. The second kappa shape index (κ2) is 6.37. The molecule has 0 heterocycles. The Hall–Kier alpha value is -1.10. The van der Waals surface area contributed by atoms with Crippen LogP contribution in [0.3, 0.4) is 0 Å². The molecule has 0 aromatic rings. The first-order valence-corrected chi connectivity index (χ1v) is 4.77. The van der Waals surface area contributed by atoms with Crippen molar-refractivity contribution in [1.29, 1.82) is 0 Å². The second-order valence-corrected chi connectivity index (χ2v) is 3.32. The fourth-order valence-electron chi connectivity index (χ4n) is 0.937. The number of rotatable bonds is 6. The highest BCUT2D eigenvalue weighted by Crippen LogP contribution is 1.98. The SMILES string of the molecule is CCCC[C@@H](N)C(=O)N[C@@H](C)C(=O)O. The largest absolute Gasteiger partial charge is 0.480 e. The van der Waals surface area contributed by atoms with Gasteiger partial charge in [0, 0.05) is 0 Å². The number of unbranched alkanes of at least 4 members (excludes halogenated alkanes) is 1. The zero-order valence-electron chi connectivity index (χ0n) is 8.62. The Morgan fingerprint density at radius 3 is 2.50 bits per heavy atom. The van der Waals surface area contributed by atoms with Gasteiger partial charge in [-0.25, -0.2) is 0 Å². The predicted octanol–water partition coefficient (Wildman–Crippen LogP) is 0.0932. The van der Waals surface area contributed by atoms with E-state index in [2.05, 4.69) is 5.32 Å². The summed E-state index contributed by atoms with van der Waals surface area (Å²) in [4.78, 5) is 21.7. The first-order valence-electron chi connectivity index (χ1n) is 4.77. The minimum atomic E-state index is -1.05. The third kappa shape index (κ3) is 4.81. The second-order valence-electron chi connectivity index (χ2n) is 3.32. The normalized spacial score (nSPS) is 14.5. The molecule has 0 aliphatic heterocycles. The van der Waals surface area contributed by atoms with Crippen LogP contribution in [0.2, 0.25) is 0 Å². The third-order valence-corrected chi connectivity index (χ3v) is 1.93. The van der Waals surface area contributed by atoms with E-state index in [9.17, 15) is 9.59 Å². The van der Waals surface area contributed by atoms with Crippen molar-refractivity contribution in [3.63, 3.8) is 0 Å². The standard InChI is InChI=1S/C9H18N2O3/c1-3-4-5-7(10)8(12)11-6(2)9(13)14/h6-7H,3-5,10H2,1-2H3,(H,11,12)(H,13,14)/t6-,7+/m0/s1. The van der Waals surface area contributed by atoms with Crippen LogP contribution in [0.1, 0.15) is 33.1 Å². The average Bonchev–Trinajstić information content (AvgIpc) is 2.13. The van der Waals surface area contributed by atoms with Gasteiger partial charge in [-0.15, -0.1) is 0 Å². The molecule has 0 aromatic carbocycles. The van der Waals surface area contributed by atoms with Crippen LogP contribution in [0.15, 0.2) is 0 Å². The molecule has 0 radical (unpaired) electrons. The van der Waals surface area contributed by atoms with Gasteiger partial charge in [-0.3, -0.25) is 9.59 Å². The Balaban J connectivity index is 3.88. The lowest BCUT2D eigenvalue weighted by atomic mass is 10.1. The third-order valence-electron chi connectivity index (χ3n) is 1.93. The molecule has 5 heteroatoms. The summed E-state index contributed by atoms with van der Waals surface area (Å²) in [7, 11) is 0. The van der Waals surface area contributed by atoms with E-state index >= 15 is 0 Å². The van der Waals surface area contributed by atoms with Crippen LogP contribution < -0.4 is 11.1 Å². The van der Waals surface area contributed by atoms with Crippen LogP contribution in [0.5, 0.6) is 0 Å². The summed E-state index contributed by atoms with van der Waals surface area (Å²) in [5, 5.41) is 10.9. The first kappa shape index (κ1) is 12.9. The quantitative estimate of drug-likeness (QED) is 0.569. The molecule has 0 fully saturated rings. The van der Waals surface area contributed by atoms with E-state index < -0.39 is 24.0 Å². The van der Waals surface area contributed by atoms with Crippen molar-refractivity contribution < 1.29 is 14.7 Å². The van der Waals surface area contributed by atoms with Gasteiger partial charge in [0.2, 0.25) is 5.91 Å². The molecule has 0 unspecified atom stereocenters. The van der Waals surface area contributed by atoms with Crippen molar-refractivity contribution in [2.75, 3.05) is 0 Å². The molecule has 4 N–H and O–H groups in total. The summed E-state index contributed by atoms with van der Waals surface area (Å²) in [6, 6.07) is -1.48. The zero-order chi connectivity index (χ0) is 11.1. The Morgan fingerprint density at radius 1 is 1.50 bits per heavy atom. The fraction of sp³-hybridized carbons (Fsp3) is 0.778. The summed E-state index contributed by atoms with van der Waals surface area (Å²) >= 11 is 0. The summed E-state index contributed by atoms with van der Waals surface area (Å²) in [5.41, 5.74) is 5.55. The van der Waals surface area contributed by atoms with Crippen molar-refractivity contribution >= 4 is 11.9 Å². The van der Waals surface area contributed by atoms with Crippen LogP contribution in [-0.2, 0) is 9.59 Å². The molecule has 0 aromatic heterocycles. The average molecular weight is 202 g/mol. The summed E-state index contributed by atoms with van der Waals surface area (Å²) < 4.78 is 0. The van der Waals surface area contributed by atoms with Gasteiger partial charge in [0.15, 0.2) is 0 Å². The topological polar surface area (TPSA) is 92.4 Å². The Labute approximate surface area is 83.7 Å². The number of carboxylic acids is 1. The number of hydrogen-bond donors (Lipinski definition) is 3. The molecule has 14 heavy (non-hydrogen) atoms. The van der Waals surface area contributed by atoms with Crippen LogP contribution >= 0.6 is 0 Å². The zero-order valence-corrected chi connectivity index (χ0v) is 8.62. The highest BCUT2D eigenvalue weighted by Gasteiger charge is 2.18. The monoisotopic (exact) mass is 202 g/mol. The molecule has 0 saturated heterocycles. The molecular formula is C9H18N2O3. The van der Waals surface area contributed by atoms with E-state index in [-0.39, 0.29) is 0 Å². The van der Waals surface area contributed by atoms with Crippen LogP contribution in [-0.4, -0.2) is 29.1 Å². The molecule has 0 bridgehead atoms. The Bertz CT molecular complexity index is 206. The molecule has 0 spiro atoms. The lowest BCUT2D eigenvalue weighted by Gasteiger charge is -2.14. The first-order chi connectivity index (χ1) is 6.49. The molecule has 1 amide bonds. The van der Waals surface area contributed by atoms with Crippen molar-refractivity contribution in [3.05, 3.63) is 0 Å². The van der Waals surface area contributed by atoms with Gasteiger partial charge in [-0.1, -0.05) is 19.8 Å². The highest BCUT2D eigenvalue weighted by atomic mass is 16.4. The predicted molar refractivity (Wildman–Crippen MR) is 52.7 cm³/mol. The molecular weight excluding hydrogens is 184 g/mol. The molecule has 0 aliphatic rings. The lowest BCUT2D eigenvalue weighted by Crippen LogP contribution is -2.47. The van der Waals surface area contributed by atoms with Gasteiger partial charge < -0.3 is 16.2 Å². The smallest absolute Gasteiger partial charge is 0.325 e. The van der Waals surface area contributed by atoms with Crippen molar-refractivity contribution in [2.24, 2.45) is 5.73 Å². The van der Waals surface area contributed by atoms with Crippen LogP contribution in [0.4, 0.5) is 0 Å². The van der Waals surface area contributed by atoms with Crippen molar-refractivity contribution in [2.45, 2.75) is 45.2 Å². The number of carbonyl (C=O) groups excluding carboxylic acids is 1. The number of carboxylic acid groups (broad SMARTS) is 1. The van der Waals surface area contributed by atoms with Crippen molar-refractivity contribution in [1.82, 2.24) is 5.32 Å². The summed E-state index contributed by atoms with van der Waals surface area (Å²) in [6.45, 7) is 3.41. The van der Waals surface area contributed by atoms with Gasteiger partial charge in [0.1, 0.15) is 6.04 Å². The number of nitrogens with two attached hydrogens (primary N) is 1. The maximum Gasteiger partial charge on any atom is 0.325 e. The van der Waals surface area contributed by atoms with E-state index in [1.165, 1.54) is 6.92 Å². The van der Waals surface area contributed by atoms with E-state index in [4.69, 9.17) is 10.8 Å². The van der Waals surface area contributed by atoms with Crippen LogP contribution in [0, 0.1) is 0 Å². The molecule has 0 aliphatic carbocycles. The minimum absolute atomic E-state index is 0.395. The molecule has 82 valence electrons. The molecule has 2 atom stereocenters. The van der Waals surface area contributed by atoms with Crippen molar-refractivity contribution in [3.8, 4) is 0 Å². The lowest BCUT2D eigenvalue weighted by molar-refractivity contribution is -0.141. The van der Waals surface area contributed by atoms with Gasteiger partial charge in [0.25, 0.3) is 0 Å². The van der Waals surface area contributed by atoms with E-state index in [1.54, 1.807) is 0 Å². The van der Waals surface area contributed by atoms with E-state index in [0.29, 0.717) is 6.42 Å². The van der Waals surface area contributed by atoms with Gasteiger partial charge in [0.05, 0.1) is 6.04 Å². The number of amides is 1. The van der Waals surface area contributed by atoms with Gasteiger partial charge in [-0.05, 0) is 13.3 Å².